The average Bonchev–Trinajstić information content (AvgIpc) is 1.75. The molecule has 6 aromatic rings. The summed E-state index contributed by atoms with van der Waals surface area (Å²) in [5, 5.41) is 78.5. The number of thioether (sulfide) groups is 1. The lowest BCUT2D eigenvalue weighted by atomic mass is 9.96. The number of carbonyl (C=O) groups excluding carboxylic acids is 14. The Balaban J connectivity index is 1.28. The summed E-state index contributed by atoms with van der Waals surface area (Å²) in [6.07, 6.45) is 2.37. The van der Waals surface area contributed by atoms with Gasteiger partial charge >= 0.3 is 5.97 Å². The summed E-state index contributed by atoms with van der Waals surface area (Å²) in [5.74, 6) is -18.5. The standard InChI is InChI=1S/C84H119N23O17S/c1-6-8-23-58-75(117)98-59(28-18-33-92-84(89)90)76(118)101-62(37-51-40-94-55-25-14-12-22-53(51)55)80(122)106-69(45(3)4)81(123)105-65(71(86)113)43-125-44-67(110)97-57(27-17-32-91-83(87)88)74(116)100-60(35-47-29-30-48-19-9-10-20-49(48)34-47)79(121)107-70(46(5)7-2)82(124)104-64(42-108)72(114)95-41-66(109)96-56(26-15-16-31-85)73(115)103-63(38-68(111)112)78(120)102-61(77(119)99-58)36-50-39-93-54-24-13-11-21-52(50)54/h9-14,19-22,24-25,29-30,34,39-40,45-46,56-65,69-70,93-94,108H,6-8,15-18,23,26-28,31-33,35-38,41-44,85H2,1-5H3,(H2,86,113)(H,95,114)(H,96,109)(H,97,110)(H,98,117)(H,99,119)(H,100,116)(H,101,118)(H,102,120)(H,103,115)(H,104,124)(H,105,123)(H,106,122)(H,107,121)(H,111,112)(H4,87,88,91)(H4,89,90,92)/t46-,56-,57-,58-,59+,60-,61-,62-,63-,64-,65-,69-,70+/m0/s1. The summed E-state index contributed by atoms with van der Waals surface area (Å²) in [5.41, 5.74) is 25.7. The number of hydrogen-bond acceptors (Lipinski definition) is 20. The van der Waals surface area contributed by atoms with Crippen molar-refractivity contribution < 1.29 is 82.1 Å². The summed E-state index contributed by atoms with van der Waals surface area (Å²) in [6.45, 7) is 6.50. The van der Waals surface area contributed by atoms with E-state index in [1.54, 1.807) is 120 Å². The molecule has 678 valence electrons. The fourth-order valence-corrected chi connectivity index (χ4v) is 14.9. The van der Waals surface area contributed by atoms with E-state index in [-0.39, 0.29) is 102 Å². The van der Waals surface area contributed by atoms with Gasteiger partial charge in [0.2, 0.25) is 82.7 Å². The predicted molar refractivity (Wildman–Crippen MR) is 469 cm³/mol. The average molecular weight is 1760 g/mol. The number of carbonyl (C=O) groups is 15. The maximum Gasteiger partial charge on any atom is 0.305 e. The highest BCUT2D eigenvalue weighted by atomic mass is 32.2. The molecule has 1 saturated heterocycles. The van der Waals surface area contributed by atoms with Crippen LogP contribution in [0.4, 0.5) is 0 Å². The first-order valence-corrected chi connectivity index (χ1v) is 42.9. The highest BCUT2D eigenvalue weighted by Crippen LogP contribution is 2.24. The van der Waals surface area contributed by atoms with Crippen LogP contribution in [-0.2, 0) is 91.2 Å². The van der Waals surface area contributed by atoms with E-state index in [1.807, 2.05) is 18.2 Å². The molecular formula is C84H119N23O17S. The monoisotopic (exact) mass is 1750 g/mol. The number of rotatable bonds is 28. The minimum Gasteiger partial charge on any atom is -0.481 e. The van der Waals surface area contributed by atoms with E-state index < -0.39 is 210 Å². The Morgan fingerprint density at radius 2 is 0.920 bits per heavy atom. The van der Waals surface area contributed by atoms with Crippen molar-refractivity contribution in [3.63, 3.8) is 0 Å². The van der Waals surface area contributed by atoms with Gasteiger partial charge in [0.25, 0.3) is 0 Å². The topological polar surface area (TPSA) is 660 Å². The Bertz CT molecular complexity index is 4790. The fraction of sp³-hybridized carbons (Fsp3) is 0.488. The summed E-state index contributed by atoms with van der Waals surface area (Å²) in [7, 11) is 0. The van der Waals surface area contributed by atoms with Crippen molar-refractivity contribution in [1.82, 2.24) is 89.7 Å². The largest absolute Gasteiger partial charge is 0.481 e. The van der Waals surface area contributed by atoms with Crippen LogP contribution in [0.3, 0.4) is 0 Å². The van der Waals surface area contributed by atoms with Crippen LogP contribution in [0.2, 0.25) is 0 Å². The van der Waals surface area contributed by atoms with Crippen molar-refractivity contribution >= 4 is 145 Å². The van der Waals surface area contributed by atoms with Crippen LogP contribution in [-0.4, -0.2) is 238 Å². The molecule has 29 N–H and O–H groups in total. The van der Waals surface area contributed by atoms with E-state index in [0.29, 0.717) is 51.3 Å². The second-order valence-corrected chi connectivity index (χ2v) is 32.2. The Kier molecular flexibility index (Phi) is 39.7. The molecule has 13 atom stereocenters. The van der Waals surface area contributed by atoms with E-state index in [0.717, 1.165) is 22.5 Å². The lowest BCUT2D eigenvalue weighted by Gasteiger charge is -2.29. The Labute approximate surface area is 726 Å². The Morgan fingerprint density at radius 1 is 0.480 bits per heavy atom. The Morgan fingerprint density at radius 3 is 1.42 bits per heavy atom. The van der Waals surface area contributed by atoms with Crippen molar-refractivity contribution in [2.75, 3.05) is 44.3 Å². The number of fused-ring (bicyclic) bond motifs is 3. The predicted octanol–water partition coefficient (Wildman–Crippen LogP) is -1.99. The van der Waals surface area contributed by atoms with Gasteiger partial charge in [-0.05, 0) is 109 Å². The first-order chi connectivity index (χ1) is 59.7. The summed E-state index contributed by atoms with van der Waals surface area (Å²) >= 11 is 0.823. The highest BCUT2D eigenvalue weighted by Gasteiger charge is 2.39. The van der Waals surface area contributed by atoms with Gasteiger partial charge < -0.3 is 123 Å². The van der Waals surface area contributed by atoms with Crippen molar-refractivity contribution in [2.45, 2.75) is 203 Å². The number of primary amides is 1. The Hall–Kier alpha value is -12.9. The molecule has 0 unspecified atom stereocenters. The van der Waals surface area contributed by atoms with Crippen LogP contribution in [0.1, 0.15) is 128 Å². The number of hydrogen-bond donors (Lipinski definition) is 25. The van der Waals surface area contributed by atoms with Crippen LogP contribution in [0.5, 0.6) is 0 Å². The first-order valence-electron chi connectivity index (χ1n) is 41.7. The van der Waals surface area contributed by atoms with Gasteiger partial charge in [0.05, 0.1) is 25.3 Å². The third-order valence-corrected chi connectivity index (χ3v) is 22.2. The molecule has 41 heteroatoms. The number of aliphatic hydroxyl groups excluding tert-OH is 1. The molecular weight excluding hydrogens is 1640 g/mol. The maximum atomic E-state index is 15.2. The molecule has 0 spiro atoms. The summed E-state index contributed by atoms with van der Waals surface area (Å²) in [6, 6.07) is 7.64. The second kappa shape index (κ2) is 50.0. The number of carboxylic acid groups (broad SMARTS) is 1. The van der Waals surface area contributed by atoms with Gasteiger partial charge in [-0.25, -0.2) is 0 Å². The number of para-hydroxylation sites is 2. The lowest BCUT2D eigenvalue weighted by molar-refractivity contribution is -0.141. The molecule has 4 aromatic carbocycles. The molecule has 1 fully saturated rings. The zero-order valence-electron chi connectivity index (χ0n) is 70.7. The molecule has 7 rings (SSSR count). The van der Waals surface area contributed by atoms with Crippen molar-refractivity contribution in [2.24, 2.45) is 34.8 Å². The van der Waals surface area contributed by atoms with Crippen molar-refractivity contribution in [1.29, 1.82) is 10.8 Å². The van der Waals surface area contributed by atoms with Gasteiger partial charge in [-0.3, -0.25) is 82.7 Å². The van der Waals surface area contributed by atoms with E-state index >= 15 is 19.2 Å². The summed E-state index contributed by atoms with van der Waals surface area (Å²) < 4.78 is 0. The third-order valence-electron chi connectivity index (χ3n) is 21.2. The van der Waals surface area contributed by atoms with Crippen LogP contribution in [0, 0.1) is 22.7 Å². The number of aromatic amines is 2. The van der Waals surface area contributed by atoms with E-state index in [9.17, 15) is 63.0 Å². The van der Waals surface area contributed by atoms with Crippen molar-refractivity contribution in [3.05, 3.63) is 120 Å². The number of unbranched alkanes of at least 4 members (excludes halogenated alkanes) is 2. The highest BCUT2D eigenvalue weighted by molar-refractivity contribution is 8.00. The molecule has 1 aliphatic heterocycles. The normalized spacial score (nSPS) is 22.7. The number of carboxylic acids is 1. The quantitative estimate of drug-likeness (QED) is 0.0144. The smallest absolute Gasteiger partial charge is 0.305 e. The van der Waals surface area contributed by atoms with E-state index in [4.69, 9.17) is 33.8 Å². The first kappa shape index (κ1) is 99.2. The number of aromatic nitrogens is 2. The number of H-pyrrole nitrogens is 2. The molecule has 0 aliphatic carbocycles. The van der Waals surface area contributed by atoms with Gasteiger partial charge in [0.1, 0.15) is 72.5 Å². The molecule has 14 amide bonds. The van der Waals surface area contributed by atoms with E-state index in [2.05, 4.69) is 89.7 Å². The third kappa shape index (κ3) is 31.4. The molecule has 40 nitrogen and oxygen atoms in total. The number of benzene rings is 4. The number of aliphatic hydroxyl groups is 1. The van der Waals surface area contributed by atoms with Crippen LogP contribution in [0.15, 0.2) is 103 Å². The molecule has 125 heavy (non-hydrogen) atoms. The number of nitrogens with two attached hydrogens (primary N) is 4. The van der Waals surface area contributed by atoms with Crippen LogP contribution < -0.4 is 103 Å². The second-order valence-electron chi connectivity index (χ2n) is 31.2. The lowest BCUT2D eigenvalue weighted by Crippen LogP contribution is -2.61. The van der Waals surface area contributed by atoms with Gasteiger partial charge in [-0.1, -0.05) is 133 Å². The van der Waals surface area contributed by atoms with Crippen LogP contribution in [0.25, 0.3) is 32.6 Å². The minimum atomic E-state index is -1.98. The molecule has 0 saturated carbocycles. The molecule has 2 aromatic heterocycles. The van der Waals surface area contributed by atoms with Gasteiger partial charge in [-0.15, -0.1) is 11.8 Å². The van der Waals surface area contributed by atoms with E-state index in [1.165, 1.54) is 0 Å². The minimum absolute atomic E-state index is 0.00202. The SMILES string of the molecule is CCCC[C@@H]1NC(=O)[C@H](Cc2c[nH]c3ccccc23)NC(=O)[C@H](CC(=O)O)NC(=O)[C@H](CCCCN)NC(=O)CNC(=O)[C@H](CO)NC(=O)[C@@H]([C@@H](C)CC)NC(=O)[C@H](Cc2ccc3ccccc3c2)NC(=O)[C@H](CCCNC(=N)N)NC(=O)CSC[C@@H](C(N)=O)NC(=O)[C@H](C(C)C)NC(=O)[C@H](Cc2c[nH]c3ccccc23)NC(=O)[C@@H](CCCNC(=N)N)NC1=O. The number of amides is 14. The van der Waals surface area contributed by atoms with Gasteiger partial charge in [-0.2, -0.15) is 0 Å². The van der Waals surface area contributed by atoms with Crippen molar-refractivity contribution in [3.8, 4) is 0 Å². The number of aliphatic carboxylic acids is 1. The van der Waals surface area contributed by atoms with Crippen LogP contribution >= 0.6 is 11.8 Å². The zero-order chi connectivity index (χ0) is 91.4. The number of guanidine groups is 2. The van der Waals surface area contributed by atoms with Gasteiger partial charge in [0.15, 0.2) is 11.9 Å². The fourth-order valence-electron chi connectivity index (χ4n) is 14.0. The molecule has 3 heterocycles. The molecule has 0 bridgehead atoms. The maximum absolute atomic E-state index is 15.2. The molecule has 0 radical (unpaired) electrons. The number of nitrogens with one attached hydrogen (secondary N) is 19. The van der Waals surface area contributed by atoms with Gasteiger partial charge in [0, 0.05) is 72.3 Å². The molecule has 1 aliphatic rings. The summed E-state index contributed by atoms with van der Waals surface area (Å²) in [4.78, 5) is 223. The zero-order valence-corrected chi connectivity index (χ0v) is 71.5.